The van der Waals surface area contributed by atoms with Crippen LogP contribution in [0.5, 0.6) is 11.5 Å². The van der Waals surface area contributed by atoms with Crippen molar-refractivity contribution in [3.8, 4) is 11.5 Å². The monoisotopic (exact) mass is 391 g/mol. The molecule has 1 radical (unpaired) electrons. The Kier molecular flexibility index (Phi) is 8.71. The molecule has 2 aromatic rings. The summed E-state index contributed by atoms with van der Waals surface area (Å²) in [4.78, 5) is 8.12. The van der Waals surface area contributed by atoms with Gasteiger partial charge in [0.05, 0.1) is 13.1 Å². The molecule has 0 N–H and O–H groups in total. The summed E-state index contributed by atoms with van der Waals surface area (Å²) in [5, 5.41) is 22.5. The fourth-order valence-electron chi connectivity index (χ4n) is 2.28. The average molecular weight is 391 g/mol. The summed E-state index contributed by atoms with van der Waals surface area (Å²) in [6.45, 7) is 2.49. The van der Waals surface area contributed by atoms with Gasteiger partial charge in [-0.1, -0.05) is 60.0 Å². The first-order chi connectivity index (χ1) is 11.8. The van der Waals surface area contributed by atoms with Gasteiger partial charge in [-0.15, -0.1) is 0 Å². The standard InChI is InChI=1S/2C9H9NO2.O.V/c2*11-8-4-2-1-3-7(8)9-10-5-6-12-9;;/h2*1-4,11H,5-6H2;;/q;;-2;+4/p-2. The molecule has 0 amide bonds. The zero-order valence-corrected chi connectivity index (χ0v) is 15.2. The van der Waals surface area contributed by atoms with Crippen LogP contribution in [0.2, 0.25) is 0 Å². The molecule has 2 aliphatic heterocycles. The normalized spacial score (nSPS) is 14.3. The zero-order valence-electron chi connectivity index (χ0n) is 13.8. The van der Waals surface area contributed by atoms with Crippen LogP contribution < -0.4 is 10.2 Å². The topological polar surface area (TPSA) is 118 Å². The molecule has 8 heteroatoms. The van der Waals surface area contributed by atoms with Crippen molar-refractivity contribution in [1.82, 2.24) is 0 Å². The van der Waals surface area contributed by atoms with Crippen molar-refractivity contribution >= 4 is 11.8 Å². The maximum atomic E-state index is 11.2. The maximum Gasteiger partial charge on any atom is 4.00 e. The van der Waals surface area contributed by atoms with Gasteiger partial charge >= 0.3 is 18.6 Å². The van der Waals surface area contributed by atoms with Crippen LogP contribution in [-0.4, -0.2) is 38.1 Å². The van der Waals surface area contributed by atoms with Crippen molar-refractivity contribution in [1.29, 1.82) is 0 Å². The minimum Gasteiger partial charge on any atom is -2.00 e. The Labute approximate surface area is 163 Å². The van der Waals surface area contributed by atoms with Gasteiger partial charge in [0.2, 0.25) is 11.8 Å². The van der Waals surface area contributed by atoms with Gasteiger partial charge in [-0.2, -0.15) is 0 Å². The first-order valence-corrected chi connectivity index (χ1v) is 7.63. The number of para-hydroxylation sites is 2. The Balaban J connectivity index is 0.000000241. The van der Waals surface area contributed by atoms with Crippen LogP contribution in [0.3, 0.4) is 0 Å². The molecule has 0 saturated heterocycles. The van der Waals surface area contributed by atoms with Crippen LogP contribution in [0, 0.1) is 0 Å². The van der Waals surface area contributed by atoms with Gasteiger partial charge in [0.1, 0.15) is 13.2 Å². The third-order valence-corrected chi connectivity index (χ3v) is 3.41. The summed E-state index contributed by atoms with van der Waals surface area (Å²) in [5.41, 5.74) is 1.13. The molecule has 0 aliphatic carbocycles. The minimum atomic E-state index is -0.0295. The Morgan fingerprint density at radius 3 is 1.38 bits per heavy atom. The minimum absolute atomic E-state index is 0. The molecule has 2 aliphatic rings. The summed E-state index contributed by atoms with van der Waals surface area (Å²) in [5.74, 6) is 0.914. The van der Waals surface area contributed by atoms with Gasteiger partial charge in [-0.3, -0.25) is 0 Å². The van der Waals surface area contributed by atoms with Gasteiger partial charge in [0.15, 0.2) is 0 Å². The summed E-state index contributed by atoms with van der Waals surface area (Å²) in [7, 11) is 0. The third kappa shape index (κ3) is 5.26. The van der Waals surface area contributed by atoms with Gasteiger partial charge in [-0.25, -0.2) is 9.98 Å². The van der Waals surface area contributed by atoms with E-state index in [9.17, 15) is 10.2 Å². The van der Waals surface area contributed by atoms with E-state index in [2.05, 4.69) is 9.98 Å². The summed E-state index contributed by atoms with van der Waals surface area (Å²) in [6.07, 6.45) is 0. The molecule has 4 rings (SSSR count). The summed E-state index contributed by atoms with van der Waals surface area (Å²) < 4.78 is 10.3. The molecule has 7 nitrogen and oxygen atoms in total. The van der Waals surface area contributed by atoms with E-state index in [0.29, 0.717) is 49.2 Å². The first-order valence-electron chi connectivity index (χ1n) is 7.63. The van der Waals surface area contributed by atoms with Gasteiger partial charge in [0.25, 0.3) is 0 Å². The predicted molar refractivity (Wildman–Crippen MR) is 87.2 cm³/mol. The number of ether oxygens (including phenoxy) is 2. The van der Waals surface area contributed by atoms with E-state index in [0.717, 1.165) is 0 Å². The maximum absolute atomic E-state index is 11.2. The first kappa shape index (κ1) is 21.6. The number of hydrogen-bond acceptors (Lipinski definition) is 6. The second-order valence-electron chi connectivity index (χ2n) is 5.06. The van der Waals surface area contributed by atoms with Crippen LogP contribution in [-0.2, 0) is 33.5 Å². The van der Waals surface area contributed by atoms with Crippen molar-refractivity contribution in [2.24, 2.45) is 9.98 Å². The molecule has 133 valence electrons. The smallest absolute Gasteiger partial charge is 2.00 e. The van der Waals surface area contributed by atoms with Crippen LogP contribution in [0.25, 0.3) is 0 Å². The molecule has 2 heterocycles. The van der Waals surface area contributed by atoms with E-state index in [4.69, 9.17) is 9.47 Å². The molecule has 0 unspecified atom stereocenters. The number of hydrogen-bond donors (Lipinski definition) is 0. The SMILES string of the molecule is [O-2].[O-]c1ccccc1C1=NCCO1.[O-]c1ccccc1C1=NCCO1.[V+4]. The fourth-order valence-corrected chi connectivity index (χ4v) is 2.28. The van der Waals surface area contributed by atoms with Gasteiger partial charge < -0.3 is 25.2 Å². The van der Waals surface area contributed by atoms with E-state index in [1.807, 2.05) is 0 Å². The Morgan fingerprint density at radius 1 is 0.692 bits per heavy atom. The van der Waals surface area contributed by atoms with Crippen molar-refractivity contribution in [2.75, 3.05) is 26.3 Å². The third-order valence-electron chi connectivity index (χ3n) is 3.41. The summed E-state index contributed by atoms with van der Waals surface area (Å²) >= 11 is 0. The number of aliphatic imine (C=N–C) groups is 2. The van der Waals surface area contributed by atoms with Crippen molar-refractivity contribution in [2.45, 2.75) is 0 Å². The van der Waals surface area contributed by atoms with E-state index in [1.165, 1.54) is 12.1 Å². The quantitative estimate of drug-likeness (QED) is 0.757. The molecule has 0 aromatic heterocycles. The van der Waals surface area contributed by atoms with E-state index < -0.39 is 0 Å². The number of nitrogens with zero attached hydrogens (tertiary/aromatic N) is 2. The molecular formula is C18H16N2O5V. The van der Waals surface area contributed by atoms with Crippen molar-refractivity contribution < 1.29 is 43.7 Å². The van der Waals surface area contributed by atoms with Crippen molar-refractivity contribution in [3.05, 3.63) is 59.7 Å². The zero-order chi connectivity index (χ0) is 16.8. The van der Waals surface area contributed by atoms with Gasteiger partial charge in [-0.05, 0) is 0 Å². The number of benzene rings is 2. The largest absolute Gasteiger partial charge is 4.00 e. The predicted octanol–water partition coefficient (Wildman–Crippen LogP) is 0.953. The van der Waals surface area contributed by atoms with Crippen LogP contribution in [0.4, 0.5) is 0 Å². The van der Waals surface area contributed by atoms with E-state index in [1.54, 1.807) is 36.4 Å². The van der Waals surface area contributed by atoms with Crippen LogP contribution >= 0.6 is 0 Å². The van der Waals surface area contributed by atoms with E-state index in [-0.39, 0.29) is 35.5 Å². The Morgan fingerprint density at radius 2 is 1.08 bits per heavy atom. The summed E-state index contributed by atoms with van der Waals surface area (Å²) in [6, 6.07) is 13.5. The Bertz CT molecular complexity index is 714. The van der Waals surface area contributed by atoms with Crippen LogP contribution in [0.1, 0.15) is 11.1 Å². The average Bonchev–Trinajstić information content (AvgIpc) is 3.30. The second-order valence-corrected chi connectivity index (χ2v) is 5.06. The molecule has 2 aromatic carbocycles. The molecule has 26 heavy (non-hydrogen) atoms. The van der Waals surface area contributed by atoms with Crippen molar-refractivity contribution in [3.63, 3.8) is 0 Å². The molecule has 0 saturated carbocycles. The molecule has 0 fully saturated rings. The van der Waals surface area contributed by atoms with E-state index >= 15 is 0 Å². The number of rotatable bonds is 2. The second kappa shape index (κ2) is 10.5. The van der Waals surface area contributed by atoms with Gasteiger partial charge in [0, 0.05) is 11.1 Å². The fraction of sp³-hybridized carbons (Fsp3) is 0.222. The molecule has 0 atom stereocenters. The molecule has 0 spiro atoms. The Hall–Kier alpha value is -2.48. The van der Waals surface area contributed by atoms with Crippen LogP contribution in [0.15, 0.2) is 58.5 Å². The molecule has 0 bridgehead atoms. The molecular weight excluding hydrogens is 375 g/mol.